The Kier molecular flexibility index (Phi) is 5.44. The molecular weight excluding hydrogens is 281 g/mol. The number of amides is 1. The van der Waals surface area contributed by atoms with E-state index in [4.69, 9.17) is 5.11 Å². The standard InChI is InChI=1S/C11H11F3N2O4/c12-11(13,14)8-2-1-7(5-16-8)10(19)15-3-4-20-6-9(17)18/h1-2,5H,3-4,6H2,(H,15,19)(H,17,18). The van der Waals surface area contributed by atoms with Gasteiger partial charge in [-0.1, -0.05) is 0 Å². The van der Waals surface area contributed by atoms with Gasteiger partial charge in [0.2, 0.25) is 0 Å². The molecule has 0 aliphatic rings. The summed E-state index contributed by atoms with van der Waals surface area (Å²) in [6.07, 6.45) is -3.74. The lowest BCUT2D eigenvalue weighted by Crippen LogP contribution is -2.28. The van der Waals surface area contributed by atoms with Crippen LogP contribution in [0.25, 0.3) is 0 Å². The smallest absolute Gasteiger partial charge is 0.433 e. The van der Waals surface area contributed by atoms with Crippen LogP contribution in [0.2, 0.25) is 0 Å². The number of aliphatic carboxylic acids is 1. The molecule has 0 aliphatic heterocycles. The van der Waals surface area contributed by atoms with Crippen LogP contribution in [0.3, 0.4) is 0 Å². The van der Waals surface area contributed by atoms with E-state index < -0.39 is 30.4 Å². The van der Waals surface area contributed by atoms with Gasteiger partial charge in [-0.3, -0.25) is 9.78 Å². The average molecular weight is 292 g/mol. The lowest BCUT2D eigenvalue weighted by molar-refractivity contribution is -0.142. The van der Waals surface area contributed by atoms with Crippen molar-refractivity contribution in [3.05, 3.63) is 29.6 Å². The third-order valence-electron chi connectivity index (χ3n) is 2.07. The third kappa shape index (κ3) is 5.22. The number of nitrogens with one attached hydrogen (secondary N) is 1. The Morgan fingerprint density at radius 2 is 2.05 bits per heavy atom. The predicted octanol–water partition coefficient (Wildman–Crippen LogP) is 0.931. The lowest BCUT2D eigenvalue weighted by atomic mass is 10.2. The van der Waals surface area contributed by atoms with E-state index in [1.807, 2.05) is 0 Å². The second-order valence-electron chi connectivity index (χ2n) is 3.63. The Hall–Kier alpha value is -2.16. The number of pyridine rings is 1. The minimum Gasteiger partial charge on any atom is -0.480 e. The predicted molar refractivity (Wildman–Crippen MR) is 60.0 cm³/mol. The first-order chi connectivity index (χ1) is 9.30. The van der Waals surface area contributed by atoms with Crippen LogP contribution in [0.5, 0.6) is 0 Å². The molecule has 0 saturated carbocycles. The number of carboxylic acid groups (broad SMARTS) is 1. The number of hydrogen-bond donors (Lipinski definition) is 2. The molecule has 1 amide bonds. The highest BCUT2D eigenvalue weighted by Crippen LogP contribution is 2.27. The van der Waals surface area contributed by atoms with E-state index in [1.165, 1.54) is 0 Å². The van der Waals surface area contributed by atoms with E-state index in [0.29, 0.717) is 6.07 Å². The maximum absolute atomic E-state index is 12.2. The Morgan fingerprint density at radius 3 is 2.55 bits per heavy atom. The average Bonchev–Trinajstić information content (AvgIpc) is 2.37. The molecule has 0 bridgehead atoms. The second kappa shape index (κ2) is 6.85. The summed E-state index contributed by atoms with van der Waals surface area (Å²) in [6, 6.07) is 1.71. The van der Waals surface area contributed by atoms with Crippen LogP contribution in [0.1, 0.15) is 16.1 Å². The molecule has 0 aliphatic carbocycles. The van der Waals surface area contributed by atoms with Crippen LogP contribution in [0, 0.1) is 0 Å². The van der Waals surface area contributed by atoms with Gasteiger partial charge in [0.15, 0.2) is 0 Å². The molecule has 2 N–H and O–H groups in total. The van der Waals surface area contributed by atoms with Crippen LogP contribution in [-0.4, -0.2) is 41.7 Å². The van der Waals surface area contributed by atoms with Gasteiger partial charge in [0.1, 0.15) is 12.3 Å². The maximum Gasteiger partial charge on any atom is 0.433 e. The first kappa shape index (κ1) is 15.9. The molecule has 0 fully saturated rings. The fraction of sp³-hybridized carbons (Fsp3) is 0.364. The molecule has 0 aromatic carbocycles. The molecule has 20 heavy (non-hydrogen) atoms. The molecule has 0 unspecified atom stereocenters. The molecule has 110 valence electrons. The summed E-state index contributed by atoms with van der Waals surface area (Å²) in [6.45, 7) is -0.475. The number of halogens is 3. The number of rotatable bonds is 6. The Balaban J connectivity index is 2.42. The molecule has 1 heterocycles. The molecule has 1 rings (SSSR count). The quantitative estimate of drug-likeness (QED) is 0.761. The summed E-state index contributed by atoms with van der Waals surface area (Å²) < 4.78 is 41.4. The van der Waals surface area contributed by atoms with Crippen LogP contribution in [0.4, 0.5) is 13.2 Å². The van der Waals surface area contributed by atoms with Crippen molar-refractivity contribution in [1.82, 2.24) is 10.3 Å². The number of hydrogen-bond acceptors (Lipinski definition) is 4. The number of nitrogens with zero attached hydrogens (tertiary/aromatic N) is 1. The zero-order valence-corrected chi connectivity index (χ0v) is 10.1. The van der Waals surface area contributed by atoms with Gasteiger partial charge in [-0.2, -0.15) is 13.2 Å². The lowest BCUT2D eigenvalue weighted by Gasteiger charge is -2.07. The first-order valence-corrected chi connectivity index (χ1v) is 5.41. The summed E-state index contributed by atoms with van der Waals surface area (Å²) >= 11 is 0. The zero-order valence-electron chi connectivity index (χ0n) is 10.1. The van der Waals surface area contributed by atoms with Gasteiger partial charge in [-0.05, 0) is 12.1 Å². The summed E-state index contributed by atoms with van der Waals surface area (Å²) in [5.74, 6) is -1.76. The van der Waals surface area contributed by atoms with Crippen molar-refractivity contribution in [3.63, 3.8) is 0 Å². The highest BCUT2D eigenvalue weighted by atomic mass is 19.4. The number of ether oxygens (including phenoxy) is 1. The van der Waals surface area contributed by atoms with Crippen molar-refractivity contribution in [3.8, 4) is 0 Å². The van der Waals surface area contributed by atoms with E-state index in [9.17, 15) is 22.8 Å². The van der Waals surface area contributed by atoms with Crippen molar-refractivity contribution < 1.29 is 32.6 Å². The third-order valence-corrected chi connectivity index (χ3v) is 2.07. The van der Waals surface area contributed by atoms with Crippen LogP contribution < -0.4 is 5.32 Å². The van der Waals surface area contributed by atoms with E-state index >= 15 is 0 Å². The van der Waals surface area contributed by atoms with Crippen molar-refractivity contribution >= 4 is 11.9 Å². The Morgan fingerprint density at radius 1 is 1.35 bits per heavy atom. The zero-order chi connectivity index (χ0) is 15.2. The minimum absolute atomic E-state index is 0.0217. The summed E-state index contributed by atoms with van der Waals surface area (Å²) in [5.41, 5.74) is -1.12. The minimum atomic E-state index is -4.56. The topological polar surface area (TPSA) is 88.5 Å². The van der Waals surface area contributed by atoms with E-state index in [0.717, 1.165) is 12.3 Å². The van der Waals surface area contributed by atoms with Gasteiger partial charge < -0.3 is 15.2 Å². The molecule has 0 spiro atoms. The summed E-state index contributed by atoms with van der Waals surface area (Å²) in [5, 5.41) is 10.6. The van der Waals surface area contributed by atoms with E-state index in [2.05, 4.69) is 15.0 Å². The van der Waals surface area contributed by atoms with Crippen LogP contribution in [-0.2, 0) is 15.7 Å². The Labute approximate surface area is 111 Å². The van der Waals surface area contributed by atoms with Gasteiger partial charge in [0, 0.05) is 12.7 Å². The fourth-order valence-electron chi connectivity index (χ4n) is 1.19. The van der Waals surface area contributed by atoms with Gasteiger partial charge in [0.05, 0.1) is 12.2 Å². The molecule has 0 atom stereocenters. The molecule has 0 saturated heterocycles. The number of carbonyl (C=O) groups is 2. The largest absolute Gasteiger partial charge is 0.480 e. The number of aromatic nitrogens is 1. The highest BCUT2D eigenvalue weighted by Gasteiger charge is 2.32. The fourth-order valence-corrected chi connectivity index (χ4v) is 1.19. The summed E-state index contributed by atoms with van der Waals surface area (Å²) in [7, 11) is 0. The van der Waals surface area contributed by atoms with Crippen molar-refractivity contribution in [1.29, 1.82) is 0 Å². The summed E-state index contributed by atoms with van der Waals surface area (Å²) in [4.78, 5) is 24.8. The van der Waals surface area contributed by atoms with Gasteiger partial charge >= 0.3 is 12.1 Å². The molecule has 9 heteroatoms. The maximum atomic E-state index is 12.2. The SMILES string of the molecule is O=C(O)COCCNC(=O)c1ccc(C(F)(F)F)nc1. The van der Waals surface area contributed by atoms with Crippen LogP contribution in [0.15, 0.2) is 18.3 Å². The first-order valence-electron chi connectivity index (χ1n) is 5.41. The number of carboxylic acids is 1. The molecule has 1 aromatic heterocycles. The van der Waals surface area contributed by atoms with Gasteiger partial charge in [0.25, 0.3) is 5.91 Å². The van der Waals surface area contributed by atoms with Crippen molar-refractivity contribution in [2.75, 3.05) is 19.8 Å². The molecule has 6 nitrogen and oxygen atoms in total. The van der Waals surface area contributed by atoms with E-state index in [1.54, 1.807) is 0 Å². The van der Waals surface area contributed by atoms with Gasteiger partial charge in [-0.15, -0.1) is 0 Å². The highest BCUT2D eigenvalue weighted by molar-refractivity contribution is 5.93. The Bertz CT molecular complexity index is 474. The number of carbonyl (C=O) groups excluding carboxylic acids is 1. The molecule has 0 radical (unpaired) electrons. The second-order valence-corrected chi connectivity index (χ2v) is 3.63. The number of alkyl halides is 3. The molecular formula is C11H11F3N2O4. The monoisotopic (exact) mass is 292 g/mol. The molecule has 1 aromatic rings. The van der Waals surface area contributed by atoms with Crippen molar-refractivity contribution in [2.24, 2.45) is 0 Å². The van der Waals surface area contributed by atoms with Crippen molar-refractivity contribution in [2.45, 2.75) is 6.18 Å². The van der Waals surface area contributed by atoms with Crippen LogP contribution >= 0.6 is 0 Å². The van der Waals surface area contributed by atoms with Gasteiger partial charge in [-0.25, -0.2) is 4.79 Å². The normalized spacial score (nSPS) is 11.2. The van der Waals surface area contributed by atoms with E-state index in [-0.39, 0.29) is 18.7 Å².